The van der Waals surface area contributed by atoms with Crippen molar-refractivity contribution in [2.75, 3.05) is 37.7 Å². The molecule has 3 aromatic carbocycles. The number of phenols is 1. The lowest BCUT2D eigenvalue weighted by molar-refractivity contribution is -0.133. The number of hydrogen-bond acceptors (Lipinski definition) is 4. The van der Waals surface area contributed by atoms with Gasteiger partial charge in [-0.05, 0) is 53.9 Å². The van der Waals surface area contributed by atoms with Crippen molar-refractivity contribution >= 4 is 11.6 Å². The lowest BCUT2D eigenvalue weighted by atomic mass is 10.0. The molecule has 0 unspecified atom stereocenters. The van der Waals surface area contributed by atoms with Crippen LogP contribution in [0.4, 0.5) is 5.69 Å². The van der Waals surface area contributed by atoms with Crippen molar-refractivity contribution < 1.29 is 14.6 Å². The van der Waals surface area contributed by atoms with Crippen LogP contribution in [0.2, 0.25) is 0 Å². The second-order valence-electron chi connectivity index (χ2n) is 7.48. The number of anilines is 1. The summed E-state index contributed by atoms with van der Waals surface area (Å²) in [4.78, 5) is 16.6. The lowest BCUT2D eigenvalue weighted by Gasteiger charge is -2.36. The topological polar surface area (TPSA) is 53.0 Å². The molecule has 4 rings (SSSR count). The minimum absolute atomic E-state index is 0.0129. The summed E-state index contributed by atoms with van der Waals surface area (Å²) in [6.07, 6.45) is 0.935. The van der Waals surface area contributed by atoms with Crippen LogP contribution < -0.4 is 9.64 Å². The molecule has 0 spiro atoms. The highest BCUT2D eigenvalue weighted by Gasteiger charge is 2.21. The molecule has 1 heterocycles. The SMILES string of the molecule is O=C(COc1ccc(O)cc1)N1CCN(c2ccc(Cc3ccccc3)cc2)CC1. The Kier molecular flexibility index (Phi) is 6.18. The van der Waals surface area contributed by atoms with E-state index in [0.717, 1.165) is 19.5 Å². The first-order valence-electron chi connectivity index (χ1n) is 10.2. The smallest absolute Gasteiger partial charge is 0.260 e. The van der Waals surface area contributed by atoms with Gasteiger partial charge in [0.15, 0.2) is 6.61 Å². The summed E-state index contributed by atoms with van der Waals surface area (Å²) in [5.74, 6) is 0.745. The van der Waals surface area contributed by atoms with Crippen LogP contribution in [0.5, 0.6) is 11.5 Å². The van der Waals surface area contributed by atoms with Crippen molar-refractivity contribution in [1.29, 1.82) is 0 Å². The van der Waals surface area contributed by atoms with E-state index in [-0.39, 0.29) is 18.3 Å². The van der Waals surface area contributed by atoms with E-state index in [1.807, 2.05) is 11.0 Å². The van der Waals surface area contributed by atoms with Crippen LogP contribution in [0, 0.1) is 0 Å². The van der Waals surface area contributed by atoms with Crippen molar-refractivity contribution in [1.82, 2.24) is 4.90 Å². The molecule has 5 nitrogen and oxygen atoms in total. The Morgan fingerprint density at radius 2 is 1.43 bits per heavy atom. The second kappa shape index (κ2) is 9.35. The molecular weight excluding hydrogens is 376 g/mol. The standard InChI is InChI=1S/C25H26N2O3/c28-23-10-12-24(13-11-23)30-19-25(29)27-16-14-26(15-17-27)22-8-6-21(7-9-22)18-20-4-2-1-3-5-20/h1-13,28H,14-19H2. The maximum absolute atomic E-state index is 12.4. The number of carbonyl (C=O) groups excluding carboxylic acids is 1. The molecule has 0 atom stereocenters. The largest absolute Gasteiger partial charge is 0.508 e. The van der Waals surface area contributed by atoms with Gasteiger partial charge in [-0.3, -0.25) is 4.79 Å². The van der Waals surface area contributed by atoms with Gasteiger partial charge >= 0.3 is 0 Å². The number of carbonyl (C=O) groups is 1. The Balaban J connectivity index is 1.25. The van der Waals surface area contributed by atoms with Crippen LogP contribution in [-0.4, -0.2) is 48.7 Å². The molecule has 1 saturated heterocycles. The van der Waals surface area contributed by atoms with Crippen LogP contribution in [0.25, 0.3) is 0 Å². The van der Waals surface area contributed by atoms with Crippen LogP contribution in [-0.2, 0) is 11.2 Å². The van der Waals surface area contributed by atoms with Crippen molar-refractivity contribution in [3.05, 3.63) is 90.0 Å². The first kappa shape index (κ1) is 19.8. The first-order valence-corrected chi connectivity index (χ1v) is 10.2. The Bertz CT molecular complexity index is 948. The van der Waals surface area contributed by atoms with Gasteiger partial charge in [0.25, 0.3) is 5.91 Å². The van der Waals surface area contributed by atoms with E-state index in [0.29, 0.717) is 18.8 Å². The van der Waals surface area contributed by atoms with Crippen LogP contribution >= 0.6 is 0 Å². The number of amides is 1. The van der Waals surface area contributed by atoms with Gasteiger partial charge in [0, 0.05) is 31.9 Å². The molecule has 1 N–H and O–H groups in total. The highest BCUT2D eigenvalue weighted by atomic mass is 16.5. The Morgan fingerprint density at radius 1 is 0.800 bits per heavy atom. The number of aromatic hydroxyl groups is 1. The molecule has 1 aliphatic rings. The number of rotatable bonds is 6. The summed E-state index contributed by atoms with van der Waals surface area (Å²) in [6.45, 7) is 3.00. The zero-order chi connectivity index (χ0) is 20.8. The molecule has 3 aromatic rings. The zero-order valence-electron chi connectivity index (χ0n) is 16.9. The number of hydrogen-bond donors (Lipinski definition) is 1. The highest BCUT2D eigenvalue weighted by molar-refractivity contribution is 5.78. The summed E-state index contributed by atoms with van der Waals surface area (Å²) in [5, 5.41) is 9.30. The van der Waals surface area contributed by atoms with Gasteiger partial charge in [-0.25, -0.2) is 0 Å². The summed E-state index contributed by atoms with van der Waals surface area (Å²) >= 11 is 0. The summed E-state index contributed by atoms with van der Waals surface area (Å²) in [6, 6.07) is 25.6. The molecule has 1 aliphatic heterocycles. The van der Waals surface area contributed by atoms with Gasteiger partial charge in [-0.1, -0.05) is 42.5 Å². The number of phenolic OH excluding ortho intramolecular Hbond substituents is 1. The predicted octanol–water partition coefficient (Wildman–Crippen LogP) is 3.71. The molecule has 1 amide bonds. The fraction of sp³-hybridized carbons (Fsp3) is 0.240. The van der Waals surface area contributed by atoms with Crippen LogP contribution in [0.1, 0.15) is 11.1 Å². The molecule has 30 heavy (non-hydrogen) atoms. The van der Waals surface area contributed by atoms with E-state index in [4.69, 9.17) is 4.74 Å². The molecule has 154 valence electrons. The molecule has 5 heteroatoms. The number of benzene rings is 3. The third-order valence-corrected chi connectivity index (χ3v) is 5.38. The molecule has 0 saturated carbocycles. The lowest BCUT2D eigenvalue weighted by Crippen LogP contribution is -2.50. The van der Waals surface area contributed by atoms with Crippen LogP contribution in [0.15, 0.2) is 78.9 Å². The fourth-order valence-electron chi connectivity index (χ4n) is 3.65. The highest BCUT2D eigenvalue weighted by Crippen LogP contribution is 2.20. The Labute approximate surface area is 177 Å². The molecule has 0 aromatic heterocycles. The molecule has 0 aliphatic carbocycles. The second-order valence-corrected chi connectivity index (χ2v) is 7.48. The van der Waals surface area contributed by atoms with Crippen molar-refractivity contribution in [3.63, 3.8) is 0 Å². The first-order chi connectivity index (χ1) is 14.7. The number of piperazine rings is 1. The van der Waals surface area contributed by atoms with Gasteiger partial charge in [0.1, 0.15) is 11.5 Å². The molecule has 0 radical (unpaired) electrons. The minimum atomic E-state index is -0.0130. The van der Waals surface area contributed by atoms with Gasteiger partial charge in [0.2, 0.25) is 0 Å². The monoisotopic (exact) mass is 402 g/mol. The zero-order valence-corrected chi connectivity index (χ0v) is 16.9. The normalized spacial score (nSPS) is 13.9. The minimum Gasteiger partial charge on any atom is -0.508 e. The van der Waals surface area contributed by atoms with E-state index in [1.165, 1.54) is 16.8 Å². The van der Waals surface area contributed by atoms with E-state index >= 15 is 0 Å². The summed E-state index contributed by atoms with van der Waals surface area (Å²) in [7, 11) is 0. The molecule has 1 fully saturated rings. The predicted molar refractivity (Wildman–Crippen MR) is 118 cm³/mol. The van der Waals surface area contributed by atoms with Crippen molar-refractivity contribution in [2.45, 2.75) is 6.42 Å². The van der Waals surface area contributed by atoms with E-state index in [2.05, 4.69) is 53.4 Å². The summed E-state index contributed by atoms with van der Waals surface area (Å²) in [5.41, 5.74) is 3.80. The third kappa shape index (κ3) is 5.11. The Hall–Kier alpha value is -3.47. The molecule has 0 bridgehead atoms. The van der Waals surface area contributed by atoms with Crippen molar-refractivity contribution in [2.24, 2.45) is 0 Å². The maximum atomic E-state index is 12.4. The van der Waals surface area contributed by atoms with E-state index in [1.54, 1.807) is 24.3 Å². The fourth-order valence-corrected chi connectivity index (χ4v) is 3.65. The average molecular weight is 402 g/mol. The van der Waals surface area contributed by atoms with Crippen molar-refractivity contribution in [3.8, 4) is 11.5 Å². The van der Waals surface area contributed by atoms with Gasteiger partial charge in [0.05, 0.1) is 0 Å². The molecular formula is C25H26N2O3. The van der Waals surface area contributed by atoms with Crippen LogP contribution in [0.3, 0.4) is 0 Å². The maximum Gasteiger partial charge on any atom is 0.260 e. The van der Waals surface area contributed by atoms with E-state index in [9.17, 15) is 9.90 Å². The number of ether oxygens (including phenoxy) is 1. The quantitative estimate of drug-likeness (QED) is 0.683. The van der Waals surface area contributed by atoms with Gasteiger partial charge in [-0.15, -0.1) is 0 Å². The van der Waals surface area contributed by atoms with Gasteiger partial charge < -0.3 is 19.6 Å². The summed E-state index contributed by atoms with van der Waals surface area (Å²) < 4.78 is 5.53. The average Bonchev–Trinajstić information content (AvgIpc) is 2.80. The van der Waals surface area contributed by atoms with Gasteiger partial charge in [-0.2, -0.15) is 0 Å². The third-order valence-electron chi connectivity index (χ3n) is 5.38. The van der Waals surface area contributed by atoms with E-state index < -0.39 is 0 Å². The number of nitrogens with zero attached hydrogens (tertiary/aromatic N) is 2. The Morgan fingerprint density at radius 3 is 2.10 bits per heavy atom.